The lowest BCUT2D eigenvalue weighted by molar-refractivity contribution is -0.142. The number of ether oxygens (including phenoxy) is 2. The Labute approximate surface area is 214 Å². The van der Waals surface area contributed by atoms with E-state index < -0.39 is 0 Å². The van der Waals surface area contributed by atoms with Crippen LogP contribution in [0.4, 0.5) is 0 Å². The summed E-state index contributed by atoms with van der Waals surface area (Å²) in [6.07, 6.45) is 0.116. The molecular weight excluding hydrogens is 472 g/mol. The second kappa shape index (κ2) is 11.0. The predicted octanol–water partition coefficient (Wildman–Crippen LogP) is 4.77. The van der Waals surface area contributed by atoms with Gasteiger partial charge in [-0.3, -0.25) is 9.48 Å². The summed E-state index contributed by atoms with van der Waals surface area (Å²) in [5.41, 5.74) is 9.61. The molecule has 0 spiro atoms. The first-order valence-electron chi connectivity index (χ1n) is 12.0. The minimum Gasteiger partial charge on any atom is -0.507 e. The molecule has 0 aliphatic rings. The molecule has 0 bridgehead atoms. The molecule has 4 rings (SSSR count). The van der Waals surface area contributed by atoms with Gasteiger partial charge >= 0.3 is 5.97 Å². The molecule has 4 aromatic rings. The van der Waals surface area contributed by atoms with Crippen LogP contribution < -0.4 is 10.5 Å². The van der Waals surface area contributed by atoms with Crippen LogP contribution in [0.5, 0.6) is 11.5 Å². The lowest BCUT2D eigenvalue weighted by Crippen LogP contribution is -2.13. The molecule has 192 valence electrons. The highest BCUT2D eigenvalue weighted by molar-refractivity contribution is 6.02. The number of fused-ring (bicyclic) bond motifs is 1. The largest absolute Gasteiger partial charge is 0.507 e. The second-order valence-electron chi connectivity index (χ2n) is 8.78. The van der Waals surface area contributed by atoms with Crippen LogP contribution in [0.25, 0.3) is 22.0 Å². The molecular formula is C28H30N4O5. The van der Waals surface area contributed by atoms with E-state index in [2.05, 4.69) is 5.16 Å². The minimum absolute atomic E-state index is 0.0842. The molecule has 0 atom stereocenters. The first-order valence-corrected chi connectivity index (χ1v) is 12.0. The molecule has 9 heteroatoms. The normalized spacial score (nSPS) is 11.7. The van der Waals surface area contributed by atoms with Crippen LogP contribution in [0.3, 0.4) is 0 Å². The highest BCUT2D eigenvalue weighted by Crippen LogP contribution is 2.35. The van der Waals surface area contributed by atoms with Crippen LogP contribution in [-0.4, -0.2) is 38.5 Å². The van der Waals surface area contributed by atoms with Crippen molar-refractivity contribution in [3.05, 3.63) is 77.5 Å². The van der Waals surface area contributed by atoms with E-state index in [0.29, 0.717) is 23.6 Å². The second-order valence-corrected chi connectivity index (χ2v) is 8.78. The lowest BCUT2D eigenvalue weighted by Gasteiger charge is -2.11. The third kappa shape index (κ3) is 5.35. The Kier molecular flexibility index (Phi) is 7.62. The van der Waals surface area contributed by atoms with E-state index in [-0.39, 0.29) is 42.2 Å². The van der Waals surface area contributed by atoms with E-state index in [1.54, 1.807) is 25.1 Å². The van der Waals surface area contributed by atoms with Gasteiger partial charge in [0.2, 0.25) is 0 Å². The van der Waals surface area contributed by atoms with Crippen molar-refractivity contribution in [3.8, 4) is 22.6 Å². The summed E-state index contributed by atoms with van der Waals surface area (Å²) in [6, 6.07) is 18.3. The fraction of sp³-hybridized carbons (Fsp3) is 0.250. The first-order chi connectivity index (χ1) is 17.8. The molecule has 1 aromatic heterocycles. The van der Waals surface area contributed by atoms with Crippen molar-refractivity contribution < 1.29 is 24.6 Å². The Morgan fingerprint density at radius 1 is 1.14 bits per heavy atom. The number of hydrogen-bond donors (Lipinski definition) is 3. The van der Waals surface area contributed by atoms with Crippen molar-refractivity contribution in [1.29, 1.82) is 0 Å². The Hall–Kier alpha value is -4.53. The molecule has 0 saturated heterocycles. The Bertz CT molecular complexity index is 1460. The molecule has 0 unspecified atom stereocenters. The van der Waals surface area contributed by atoms with Gasteiger partial charge < -0.3 is 25.5 Å². The number of carbonyl (C=O) groups is 1. The number of nitrogens with zero attached hydrogens (tertiary/aromatic N) is 3. The molecule has 0 aliphatic carbocycles. The third-order valence-corrected chi connectivity index (χ3v) is 5.98. The van der Waals surface area contributed by atoms with Crippen LogP contribution in [0.2, 0.25) is 0 Å². The fourth-order valence-electron chi connectivity index (χ4n) is 4.21. The standard InChI is InChI=1S/C28H30N4O5/c1-4-36-26(33)15-19-8-5-6-11-25(19)37-16-23-22-14-18(12-13-24(22)32(30-23)17(2)3)20-9-7-10-21(27(20)34)28(29)31-35/h5-14,17,34-35H,4,15-16H2,1-3H3,(H2,29,31). The van der Waals surface area contributed by atoms with Crippen LogP contribution in [-0.2, 0) is 22.6 Å². The summed E-state index contributed by atoms with van der Waals surface area (Å²) in [5, 5.41) is 28.5. The maximum absolute atomic E-state index is 12.0. The number of benzene rings is 3. The van der Waals surface area contributed by atoms with Gasteiger partial charge in [-0.2, -0.15) is 5.10 Å². The van der Waals surface area contributed by atoms with E-state index in [0.717, 1.165) is 22.0 Å². The summed E-state index contributed by atoms with van der Waals surface area (Å²) in [5.74, 6) is 0.0115. The van der Waals surface area contributed by atoms with E-state index in [4.69, 9.17) is 25.5 Å². The molecule has 0 aliphatic heterocycles. The topological polar surface area (TPSA) is 132 Å². The zero-order chi connectivity index (χ0) is 26.5. The quantitative estimate of drug-likeness (QED) is 0.0987. The van der Waals surface area contributed by atoms with Gasteiger partial charge in [-0.05, 0) is 50.6 Å². The highest BCUT2D eigenvalue weighted by Gasteiger charge is 2.18. The number of hydrogen-bond acceptors (Lipinski definition) is 7. The number of para-hydroxylation sites is 2. The van der Waals surface area contributed by atoms with Crippen molar-refractivity contribution in [2.75, 3.05) is 6.61 Å². The van der Waals surface area contributed by atoms with E-state index in [1.165, 1.54) is 0 Å². The molecule has 4 N–H and O–H groups in total. The molecule has 0 saturated carbocycles. The number of aromatic nitrogens is 2. The summed E-state index contributed by atoms with van der Waals surface area (Å²) < 4.78 is 13.2. The molecule has 0 radical (unpaired) electrons. The summed E-state index contributed by atoms with van der Waals surface area (Å²) >= 11 is 0. The van der Waals surface area contributed by atoms with Gasteiger partial charge in [0.15, 0.2) is 5.84 Å². The van der Waals surface area contributed by atoms with Crippen LogP contribution >= 0.6 is 0 Å². The summed E-state index contributed by atoms with van der Waals surface area (Å²) in [7, 11) is 0. The highest BCUT2D eigenvalue weighted by atomic mass is 16.5. The van der Waals surface area contributed by atoms with E-state index in [9.17, 15) is 9.90 Å². The van der Waals surface area contributed by atoms with Gasteiger partial charge in [-0.15, -0.1) is 0 Å². The van der Waals surface area contributed by atoms with Gasteiger partial charge in [0.25, 0.3) is 0 Å². The number of amidine groups is 1. The number of nitrogens with two attached hydrogens (primary N) is 1. The number of oxime groups is 1. The molecule has 1 heterocycles. The Balaban J connectivity index is 1.72. The van der Waals surface area contributed by atoms with Crippen molar-refractivity contribution in [2.24, 2.45) is 10.9 Å². The average Bonchev–Trinajstić information content (AvgIpc) is 3.26. The number of phenolic OH excluding ortho intramolecular Hbond substituents is 1. The maximum atomic E-state index is 12.0. The molecule has 9 nitrogen and oxygen atoms in total. The molecule has 0 fully saturated rings. The van der Waals surface area contributed by atoms with Crippen molar-refractivity contribution in [2.45, 2.75) is 39.8 Å². The summed E-state index contributed by atoms with van der Waals surface area (Å²) in [4.78, 5) is 12.0. The van der Waals surface area contributed by atoms with Gasteiger partial charge in [-0.1, -0.05) is 41.6 Å². The molecule has 3 aromatic carbocycles. The van der Waals surface area contributed by atoms with Gasteiger partial charge in [0, 0.05) is 22.6 Å². The monoisotopic (exact) mass is 502 g/mol. The number of phenols is 1. The third-order valence-electron chi connectivity index (χ3n) is 5.98. The van der Waals surface area contributed by atoms with Crippen LogP contribution in [0, 0.1) is 0 Å². The smallest absolute Gasteiger partial charge is 0.310 e. The first kappa shape index (κ1) is 25.6. The van der Waals surface area contributed by atoms with Crippen molar-refractivity contribution in [1.82, 2.24) is 9.78 Å². The molecule has 0 amide bonds. The van der Waals surface area contributed by atoms with Gasteiger partial charge in [0.1, 0.15) is 23.8 Å². The van der Waals surface area contributed by atoms with Gasteiger partial charge in [-0.25, -0.2) is 0 Å². The maximum Gasteiger partial charge on any atom is 0.310 e. The number of carbonyl (C=O) groups excluding carboxylic acids is 1. The van der Waals surface area contributed by atoms with Gasteiger partial charge in [0.05, 0.1) is 24.1 Å². The Morgan fingerprint density at radius 2 is 1.92 bits per heavy atom. The SMILES string of the molecule is CCOC(=O)Cc1ccccc1OCc1nn(C(C)C)c2ccc(-c3cccc(C(N)=NO)c3O)cc12. The lowest BCUT2D eigenvalue weighted by atomic mass is 9.99. The number of esters is 1. The molecule has 37 heavy (non-hydrogen) atoms. The van der Waals surface area contributed by atoms with Crippen LogP contribution in [0.1, 0.15) is 43.6 Å². The Morgan fingerprint density at radius 3 is 2.65 bits per heavy atom. The zero-order valence-electron chi connectivity index (χ0n) is 21.0. The number of rotatable bonds is 9. The number of aromatic hydroxyl groups is 1. The van der Waals surface area contributed by atoms with E-state index in [1.807, 2.05) is 61.0 Å². The minimum atomic E-state index is -0.313. The summed E-state index contributed by atoms with van der Waals surface area (Å²) in [6.45, 7) is 6.37. The zero-order valence-corrected chi connectivity index (χ0v) is 21.0. The van der Waals surface area contributed by atoms with Crippen molar-refractivity contribution in [3.63, 3.8) is 0 Å². The van der Waals surface area contributed by atoms with Crippen LogP contribution in [0.15, 0.2) is 65.8 Å². The van der Waals surface area contributed by atoms with Crippen molar-refractivity contribution >= 4 is 22.7 Å². The predicted molar refractivity (Wildman–Crippen MR) is 141 cm³/mol. The van der Waals surface area contributed by atoms with E-state index >= 15 is 0 Å². The fourth-order valence-corrected chi connectivity index (χ4v) is 4.21. The average molecular weight is 503 g/mol.